The molecular weight excluding hydrogens is 266 g/mol. The Hall–Kier alpha value is -2.54. The van der Waals surface area contributed by atoms with Gasteiger partial charge in [-0.3, -0.25) is 4.68 Å². The highest BCUT2D eigenvalue weighted by Gasteiger charge is 2.09. The molecule has 21 heavy (non-hydrogen) atoms. The van der Waals surface area contributed by atoms with Crippen LogP contribution >= 0.6 is 0 Å². The summed E-state index contributed by atoms with van der Waals surface area (Å²) in [5.74, 6) is 0.786. The van der Waals surface area contributed by atoms with Crippen LogP contribution in [0.25, 0.3) is 5.69 Å². The first-order valence-electron chi connectivity index (χ1n) is 6.86. The van der Waals surface area contributed by atoms with Gasteiger partial charge >= 0.3 is 0 Å². The van der Waals surface area contributed by atoms with E-state index in [2.05, 4.69) is 32.9 Å². The van der Waals surface area contributed by atoms with E-state index >= 15 is 0 Å². The summed E-state index contributed by atoms with van der Waals surface area (Å²) in [5.41, 5.74) is 0.957. The molecule has 0 fully saturated rings. The lowest BCUT2D eigenvalue weighted by Crippen LogP contribution is -2.31. The first-order chi connectivity index (χ1) is 10.3. The van der Waals surface area contributed by atoms with E-state index in [9.17, 15) is 0 Å². The van der Waals surface area contributed by atoms with Crippen LogP contribution in [0.1, 0.15) is 12.7 Å². The monoisotopic (exact) mass is 283 g/mol. The molecular formula is C14H17N7. The first-order valence-corrected chi connectivity index (χ1v) is 6.86. The zero-order chi connectivity index (χ0) is 14.5. The second-order valence-corrected chi connectivity index (χ2v) is 4.85. The van der Waals surface area contributed by atoms with Gasteiger partial charge in [-0.05, 0) is 35.5 Å². The highest BCUT2D eigenvalue weighted by molar-refractivity contribution is 5.30. The van der Waals surface area contributed by atoms with Crippen molar-refractivity contribution in [2.75, 3.05) is 0 Å². The van der Waals surface area contributed by atoms with Crippen LogP contribution in [-0.4, -0.2) is 36.0 Å². The van der Waals surface area contributed by atoms with Crippen molar-refractivity contribution < 1.29 is 0 Å². The fraction of sp³-hybridized carbons (Fsp3) is 0.286. The molecule has 0 unspecified atom stereocenters. The molecule has 2 heterocycles. The molecule has 108 valence electrons. The number of para-hydroxylation sites is 1. The number of rotatable bonds is 6. The fourth-order valence-corrected chi connectivity index (χ4v) is 2.10. The third-order valence-corrected chi connectivity index (χ3v) is 3.16. The van der Waals surface area contributed by atoms with Gasteiger partial charge in [0.1, 0.15) is 0 Å². The van der Waals surface area contributed by atoms with Gasteiger partial charge in [-0.15, -0.1) is 5.10 Å². The van der Waals surface area contributed by atoms with Crippen molar-refractivity contribution >= 4 is 0 Å². The fourth-order valence-electron chi connectivity index (χ4n) is 2.10. The van der Waals surface area contributed by atoms with Gasteiger partial charge in [0.25, 0.3) is 0 Å². The zero-order valence-electron chi connectivity index (χ0n) is 11.8. The molecule has 0 spiro atoms. The smallest absolute Gasteiger partial charge is 0.170 e. The number of nitrogens with zero attached hydrogens (tertiary/aromatic N) is 6. The number of aromatic nitrogens is 6. The second kappa shape index (κ2) is 6.27. The van der Waals surface area contributed by atoms with Crippen LogP contribution in [0.2, 0.25) is 0 Å². The molecule has 3 aromatic rings. The highest BCUT2D eigenvalue weighted by Crippen LogP contribution is 2.06. The van der Waals surface area contributed by atoms with E-state index in [1.165, 1.54) is 0 Å². The minimum atomic E-state index is 0.269. The molecule has 7 heteroatoms. The standard InChI is InChI=1S/C14H17N7/c1-12(11-20-9-5-8-16-20)15-10-14-17-18-19-21(14)13-6-3-2-4-7-13/h2-9,12,15H,10-11H2,1H3/t12-/m0/s1. The van der Waals surface area contributed by atoms with Crippen molar-refractivity contribution in [3.8, 4) is 5.69 Å². The van der Waals surface area contributed by atoms with Gasteiger partial charge in [0, 0.05) is 18.4 Å². The lowest BCUT2D eigenvalue weighted by atomic mass is 10.3. The molecule has 7 nitrogen and oxygen atoms in total. The van der Waals surface area contributed by atoms with Gasteiger partial charge in [0.15, 0.2) is 5.82 Å². The van der Waals surface area contributed by atoms with Gasteiger partial charge in [0.05, 0.1) is 18.8 Å². The highest BCUT2D eigenvalue weighted by atomic mass is 15.5. The van der Waals surface area contributed by atoms with E-state index in [-0.39, 0.29) is 6.04 Å². The molecule has 0 amide bonds. The van der Waals surface area contributed by atoms with Gasteiger partial charge in [0.2, 0.25) is 0 Å². The lowest BCUT2D eigenvalue weighted by Gasteiger charge is -2.13. The lowest BCUT2D eigenvalue weighted by molar-refractivity contribution is 0.443. The van der Waals surface area contributed by atoms with Gasteiger partial charge in [-0.1, -0.05) is 18.2 Å². The van der Waals surface area contributed by atoms with Gasteiger partial charge in [-0.25, -0.2) is 0 Å². The molecule has 0 saturated heterocycles. The van der Waals surface area contributed by atoms with Crippen LogP contribution in [0, 0.1) is 0 Å². The summed E-state index contributed by atoms with van der Waals surface area (Å²) < 4.78 is 3.64. The van der Waals surface area contributed by atoms with Crippen LogP contribution in [0.5, 0.6) is 0 Å². The Kier molecular flexibility index (Phi) is 4.02. The second-order valence-electron chi connectivity index (χ2n) is 4.85. The van der Waals surface area contributed by atoms with Gasteiger partial charge in [-0.2, -0.15) is 9.78 Å². The zero-order valence-corrected chi connectivity index (χ0v) is 11.8. The number of hydrogen-bond donors (Lipinski definition) is 1. The summed E-state index contributed by atoms with van der Waals surface area (Å²) >= 11 is 0. The summed E-state index contributed by atoms with van der Waals surface area (Å²) in [4.78, 5) is 0. The molecule has 1 atom stereocenters. The number of hydrogen-bond acceptors (Lipinski definition) is 5. The summed E-state index contributed by atoms with van der Waals surface area (Å²) in [5, 5.41) is 19.5. The molecule has 1 N–H and O–H groups in total. The SMILES string of the molecule is C[C@@H](Cn1cccn1)NCc1nnnn1-c1ccccc1. The van der Waals surface area contributed by atoms with Crippen molar-refractivity contribution in [1.82, 2.24) is 35.3 Å². The third-order valence-electron chi connectivity index (χ3n) is 3.16. The quantitative estimate of drug-likeness (QED) is 0.731. The maximum atomic E-state index is 4.20. The Bertz CT molecular complexity index is 660. The van der Waals surface area contributed by atoms with E-state index in [0.717, 1.165) is 18.1 Å². The van der Waals surface area contributed by atoms with E-state index in [4.69, 9.17) is 0 Å². The van der Waals surface area contributed by atoms with Crippen molar-refractivity contribution in [2.45, 2.75) is 26.1 Å². The predicted molar refractivity (Wildman–Crippen MR) is 77.7 cm³/mol. The molecule has 0 radical (unpaired) electrons. The topological polar surface area (TPSA) is 73.5 Å². The van der Waals surface area contributed by atoms with E-state index in [0.29, 0.717) is 6.54 Å². The van der Waals surface area contributed by atoms with Crippen LogP contribution < -0.4 is 5.32 Å². The minimum Gasteiger partial charge on any atom is -0.305 e. The Morgan fingerprint density at radius 2 is 2.05 bits per heavy atom. The molecule has 2 aromatic heterocycles. The van der Waals surface area contributed by atoms with Gasteiger partial charge < -0.3 is 5.32 Å². The minimum absolute atomic E-state index is 0.269. The summed E-state index contributed by atoms with van der Waals surface area (Å²) in [7, 11) is 0. The maximum absolute atomic E-state index is 4.20. The molecule has 0 aliphatic carbocycles. The van der Waals surface area contributed by atoms with E-state index in [1.807, 2.05) is 47.3 Å². The van der Waals surface area contributed by atoms with Crippen molar-refractivity contribution in [1.29, 1.82) is 0 Å². The normalized spacial score (nSPS) is 12.4. The number of benzene rings is 1. The molecule has 1 aromatic carbocycles. The molecule has 0 bridgehead atoms. The van der Waals surface area contributed by atoms with Crippen LogP contribution in [0.15, 0.2) is 48.8 Å². The molecule has 0 saturated carbocycles. The third kappa shape index (κ3) is 3.32. The first kappa shape index (κ1) is 13.4. The average Bonchev–Trinajstić information content (AvgIpc) is 3.17. The van der Waals surface area contributed by atoms with Crippen LogP contribution in [0.4, 0.5) is 0 Å². The summed E-state index contributed by atoms with van der Waals surface area (Å²) in [6.07, 6.45) is 3.73. The Balaban J connectivity index is 1.62. The number of tetrazole rings is 1. The van der Waals surface area contributed by atoms with E-state index < -0.39 is 0 Å². The molecule has 3 rings (SSSR count). The Labute approximate surface area is 122 Å². The predicted octanol–water partition coefficient (Wildman–Crippen LogP) is 1.04. The Morgan fingerprint density at radius 3 is 2.81 bits per heavy atom. The van der Waals surface area contributed by atoms with E-state index in [1.54, 1.807) is 10.9 Å². The summed E-state index contributed by atoms with van der Waals surface area (Å²) in [6.45, 7) is 3.52. The van der Waals surface area contributed by atoms with Crippen molar-refractivity contribution in [2.24, 2.45) is 0 Å². The maximum Gasteiger partial charge on any atom is 0.170 e. The molecule has 0 aliphatic rings. The van der Waals surface area contributed by atoms with Crippen LogP contribution in [0.3, 0.4) is 0 Å². The Morgan fingerprint density at radius 1 is 1.19 bits per heavy atom. The average molecular weight is 283 g/mol. The molecule has 0 aliphatic heterocycles. The largest absolute Gasteiger partial charge is 0.305 e. The summed E-state index contributed by atoms with van der Waals surface area (Å²) in [6, 6.07) is 12.1. The van der Waals surface area contributed by atoms with Crippen molar-refractivity contribution in [3.05, 3.63) is 54.6 Å². The van der Waals surface area contributed by atoms with Crippen LogP contribution in [-0.2, 0) is 13.1 Å². The number of nitrogens with one attached hydrogen (secondary N) is 1. The van der Waals surface area contributed by atoms with Crippen molar-refractivity contribution in [3.63, 3.8) is 0 Å².